The molecular formula is C49H30N4O. The van der Waals surface area contributed by atoms with Gasteiger partial charge in [-0.3, -0.25) is 4.57 Å². The van der Waals surface area contributed by atoms with E-state index in [1.54, 1.807) is 0 Å². The molecule has 0 aliphatic rings. The zero-order valence-corrected chi connectivity index (χ0v) is 29.0. The van der Waals surface area contributed by atoms with Crippen molar-refractivity contribution < 1.29 is 4.42 Å². The fourth-order valence-corrected chi connectivity index (χ4v) is 8.03. The Balaban J connectivity index is 1.28. The molecule has 0 radical (unpaired) electrons. The molecule has 0 saturated heterocycles. The standard InChI is InChI=1S/C49H30N4O/c1-4-15-31(16-5-1)34-27-28-41-40(29-34)45-36-22-11-10-21-35(36)39(32-17-6-2-7-18-32)30-42(45)53(41)49-51-47(33-19-8-3-9-20-33)50-48(52-49)38-24-14-26-44-46(38)37-23-12-13-25-43(37)54-44/h1-30H. The normalized spacial score (nSPS) is 11.7. The van der Waals surface area contributed by atoms with Crippen LogP contribution >= 0.6 is 0 Å². The Hall–Kier alpha value is -7.37. The number of rotatable bonds is 5. The van der Waals surface area contributed by atoms with E-state index >= 15 is 0 Å². The fraction of sp³-hybridized carbons (Fsp3) is 0. The lowest BCUT2D eigenvalue weighted by molar-refractivity contribution is 0.669. The van der Waals surface area contributed by atoms with E-state index in [1.165, 1.54) is 16.3 Å². The Morgan fingerprint density at radius 1 is 0.352 bits per heavy atom. The maximum absolute atomic E-state index is 6.31. The zero-order chi connectivity index (χ0) is 35.6. The van der Waals surface area contributed by atoms with Crippen LogP contribution in [0, 0.1) is 0 Å². The van der Waals surface area contributed by atoms with Crippen LogP contribution in [0.5, 0.6) is 0 Å². The topological polar surface area (TPSA) is 56.7 Å². The molecule has 0 fully saturated rings. The number of aromatic nitrogens is 4. The van der Waals surface area contributed by atoms with E-state index in [-0.39, 0.29) is 0 Å². The molecular weight excluding hydrogens is 661 g/mol. The van der Waals surface area contributed by atoms with Crippen LogP contribution in [-0.4, -0.2) is 19.5 Å². The van der Waals surface area contributed by atoms with Crippen molar-refractivity contribution in [2.75, 3.05) is 0 Å². The molecule has 0 atom stereocenters. The molecule has 3 aromatic heterocycles. The maximum Gasteiger partial charge on any atom is 0.238 e. The molecule has 5 heteroatoms. The van der Waals surface area contributed by atoms with Gasteiger partial charge in [0.15, 0.2) is 11.6 Å². The number of nitrogens with zero attached hydrogens (tertiary/aromatic N) is 4. The first kappa shape index (κ1) is 30.3. The van der Waals surface area contributed by atoms with Gasteiger partial charge in [-0.1, -0.05) is 152 Å². The third-order valence-corrected chi connectivity index (χ3v) is 10.5. The van der Waals surface area contributed by atoms with Gasteiger partial charge >= 0.3 is 0 Å². The molecule has 252 valence electrons. The van der Waals surface area contributed by atoms with Gasteiger partial charge in [-0.2, -0.15) is 9.97 Å². The van der Waals surface area contributed by atoms with Gasteiger partial charge in [-0.05, 0) is 63.4 Å². The molecule has 3 heterocycles. The molecule has 54 heavy (non-hydrogen) atoms. The first-order valence-corrected chi connectivity index (χ1v) is 18.1. The van der Waals surface area contributed by atoms with Gasteiger partial charge in [-0.15, -0.1) is 0 Å². The van der Waals surface area contributed by atoms with Crippen molar-refractivity contribution in [3.05, 3.63) is 182 Å². The van der Waals surface area contributed by atoms with Gasteiger partial charge < -0.3 is 4.42 Å². The van der Waals surface area contributed by atoms with Crippen LogP contribution in [0.4, 0.5) is 0 Å². The minimum Gasteiger partial charge on any atom is -0.456 e. The number of furan rings is 1. The monoisotopic (exact) mass is 690 g/mol. The molecule has 0 N–H and O–H groups in total. The minimum absolute atomic E-state index is 0.547. The van der Waals surface area contributed by atoms with Crippen molar-refractivity contribution in [1.29, 1.82) is 0 Å². The first-order chi connectivity index (χ1) is 26.8. The SMILES string of the molecule is c1ccc(-c2ccc3c(c2)c2c4ccccc4c(-c4ccccc4)cc2n3-c2nc(-c3ccccc3)nc(-c3cccc4oc5ccccc5c34)n2)cc1. The first-order valence-electron chi connectivity index (χ1n) is 18.1. The van der Waals surface area contributed by atoms with Crippen LogP contribution in [0.15, 0.2) is 186 Å². The summed E-state index contributed by atoms with van der Waals surface area (Å²) in [5.41, 5.74) is 10.1. The molecule has 5 nitrogen and oxygen atoms in total. The number of benzene rings is 8. The number of fused-ring (bicyclic) bond motifs is 8. The molecule has 8 aromatic carbocycles. The Morgan fingerprint density at radius 3 is 1.76 bits per heavy atom. The van der Waals surface area contributed by atoms with Gasteiger partial charge in [0.2, 0.25) is 5.95 Å². The van der Waals surface area contributed by atoms with Crippen LogP contribution in [-0.2, 0) is 0 Å². The third-order valence-electron chi connectivity index (χ3n) is 10.5. The van der Waals surface area contributed by atoms with Gasteiger partial charge in [0, 0.05) is 32.7 Å². The third kappa shape index (κ3) is 4.76. The quantitative estimate of drug-likeness (QED) is 0.180. The lowest BCUT2D eigenvalue weighted by atomic mass is 9.94. The molecule has 0 unspecified atom stereocenters. The summed E-state index contributed by atoms with van der Waals surface area (Å²) < 4.78 is 8.54. The van der Waals surface area contributed by atoms with Crippen LogP contribution < -0.4 is 0 Å². The van der Waals surface area contributed by atoms with Gasteiger partial charge in [0.1, 0.15) is 11.2 Å². The predicted molar refractivity (Wildman–Crippen MR) is 221 cm³/mol. The van der Waals surface area contributed by atoms with Crippen molar-refractivity contribution in [2.45, 2.75) is 0 Å². The second-order valence-corrected chi connectivity index (χ2v) is 13.6. The number of hydrogen-bond donors (Lipinski definition) is 0. The van der Waals surface area contributed by atoms with E-state index in [9.17, 15) is 0 Å². The average molecular weight is 691 g/mol. The summed E-state index contributed by atoms with van der Waals surface area (Å²) in [6, 6.07) is 63.3. The van der Waals surface area contributed by atoms with E-state index in [1.807, 2.05) is 48.5 Å². The van der Waals surface area contributed by atoms with Crippen molar-refractivity contribution in [3.8, 4) is 51.0 Å². The maximum atomic E-state index is 6.31. The minimum atomic E-state index is 0.547. The van der Waals surface area contributed by atoms with Crippen molar-refractivity contribution in [3.63, 3.8) is 0 Å². The van der Waals surface area contributed by atoms with Crippen LogP contribution in [0.1, 0.15) is 0 Å². The molecule has 0 aliphatic heterocycles. The highest BCUT2D eigenvalue weighted by molar-refractivity contribution is 6.24. The van der Waals surface area contributed by atoms with Gasteiger partial charge in [-0.25, -0.2) is 4.98 Å². The summed E-state index contributed by atoms with van der Waals surface area (Å²) in [4.78, 5) is 15.8. The molecule has 0 aliphatic carbocycles. The highest BCUT2D eigenvalue weighted by atomic mass is 16.3. The number of hydrogen-bond acceptors (Lipinski definition) is 4. The smallest absolute Gasteiger partial charge is 0.238 e. The summed E-state index contributed by atoms with van der Waals surface area (Å²) in [6.07, 6.45) is 0. The Bertz CT molecular complexity index is 3200. The fourth-order valence-electron chi connectivity index (χ4n) is 8.03. The highest BCUT2D eigenvalue weighted by Gasteiger charge is 2.23. The second-order valence-electron chi connectivity index (χ2n) is 13.6. The predicted octanol–water partition coefficient (Wildman–Crippen LogP) is 12.7. The summed E-state index contributed by atoms with van der Waals surface area (Å²) >= 11 is 0. The van der Waals surface area contributed by atoms with Gasteiger partial charge in [0.05, 0.1) is 11.0 Å². The van der Waals surface area contributed by atoms with Gasteiger partial charge in [0.25, 0.3) is 0 Å². The molecule has 0 saturated carbocycles. The molecule has 0 spiro atoms. The van der Waals surface area contributed by atoms with Crippen LogP contribution in [0.2, 0.25) is 0 Å². The summed E-state index contributed by atoms with van der Waals surface area (Å²) in [7, 11) is 0. The largest absolute Gasteiger partial charge is 0.456 e. The molecule has 0 bridgehead atoms. The van der Waals surface area contributed by atoms with E-state index < -0.39 is 0 Å². The average Bonchev–Trinajstić information content (AvgIpc) is 3.80. The summed E-state index contributed by atoms with van der Waals surface area (Å²) in [6.45, 7) is 0. The molecule has 0 amide bonds. The van der Waals surface area contributed by atoms with E-state index in [2.05, 4.69) is 138 Å². The second kappa shape index (κ2) is 12.1. The Labute approximate surface area is 310 Å². The van der Waals surface area contributed by atoms with Crippen molar-refractivity contribution in [1.82, 2.24) is 19.5 Å². The van der Waals surface area contributed by atoms with Crippen LogP contribution in [0.25, 0.3) is 105 Å². The van der Waals surface area contributed by atoms with E-state index in [0.29, 0.717) is 17.6 Å². The lowest BCUT2D eigenvalue weighted by Gasteiger charge is -2.13. The zero-order valence-electron chi connectivity index (χ0n) is 29.0. The van der Waals surface area contributed by atoms with E-state index in [4.69, 9.17) is 19.4 Å². The Morgan fingerprint density at radius 2 is 0.981 bits per heavy atom. The highest BCUT2D eigenvalue weighted by Crippen LogP contribution is 2.43. The summed E-state index contributed by atoms with van der Waals surface area (Å²) in [5, 5.41) is 6.67. The lowest BCUT2D eigenvalue weighted by Crippen LogP contribution is -2.06. The molecule has 11 aromatic rings. The van der Waals surface area contributed by atoms with Crippen LogP contribution in [0.3, 0.4) is 0 Å². The van der Waals surface area contributed by atoms with Crippen molar-refractivity contribution >= 4 is 54.5 Å². The molecule has 11 rings (SSSR count). The summed E-state index contributed by atoms with van der Waals surface area (Å²) in [5.74, 6) is 1.72. The Kier molecular flexibility index (Phi) is 6.79. The van der Waals surface area contributed by atoms with Crippen molar-refractivity contribution in [2.24, 2.45) is 0 Å². The van der Waals surface area contributed by atoms with E-state index in [0.717, 1.165) is 71.6 Å². The number of para-hydroxylation sites is 1.